The van der Waals surface area contributed by atoms with E-state index in [1.165, 1.54) is 6.33 Å². The van der Waals surface area contributed by atoms with Gasteiger partial charge in [0.2, 0.25) is 0 Å². The highest BCUT2D eigenvalue weighted by Gasteiger charge is 2.11. The summed E-state index contributed by atoms with van der Waals surface area (Å²) >= 11 is 0. The molecule has 0 saturated heterocycles. The predicted octanol–water partition coefficient (Wildman–Crippen LogP) is 2.04. The minimum Gasteiger partial charge on any atom is -0.497 e. The predicted molar refractivity (Wildman–Crippen MR) is 133 cm³/mol. The maximum atomic E-state index is 12.1. The molecule has 0 fully saturated rings. The van der Waals surface area contributed by atoms with Crippen molar-refractivity contribution >= 4 is 38.8 Å². The molecule has 0 aliphatic rings. The van der Waals surface area contributed by atoms with Crippen molar-refractivity contribution in [2.45, 2.75) is 0 Å². The second kappa shape index (κ2) is 10.3. The maximum absolute atomic E-state index is 12.1. The van der Waals surface area contributed by atoms with E-state index in [1.807, 2.05) is 24.3 Å². The number of aromatic nitrogens is 4. The number of carbonyl (C=O) groups is 1. The van der Waals surface area contributed by atoms with Crippen molar-refractivity contribution in [1.29, 1.82) is 0 Å². The first-order valence-electron chi connectivity index (χ1n) is 10.5. The molecule has 2 aromatic carbocycles. The molecule has 0 spiro atoms. The number of methoxy groups -OCH3 is 1. The van der Waals surface area contributed by atoms with Crippen LogP contribution >= 0.6 is 0 Å². The second-order valence-electron chi connectivity index (χ2n) is 7.59. The molecule has 0 atom stereocenters. The Labute approximate surface area is 201 Å². The van der Waals surface area contributed by atoms with Crippen molar-refractivity contribution in [3.05, 3.63) is 72.2 Å². The summed E-state index contributed by atoms with van der Waals surface area (Å²) in [6, 6.07) is 14.2. The zero-order chi connectivity index (χ0) is 24.8. The van der Waals surface area contributed by atoms with E-state index < -0.39 is 9.84 Å². The van der Waals surface area contributed by atoms with Gasteiger partial charge in [-0.1, -0.05) is 12.1 Å². The molecule has 4 rings (SSSR count). The van der Waals surface area contributed by atoms with Crippen LogP contribution in [-0.4, -0.2) is 66.0 Å². The van der Waals surface area contributed by atoms with Crippen LogP contribution in [0.1, 0.15) is 15.9 Å². The Hall–Kier alpha value is -4.32. The van der Waals surface area contributed by atoms with Crippen LogP contribution in [0, 0.1) is 0 Å². The van der Waals surface area contributed by atoms with E-state index in [2.05, 4.69) is 30.9 Å². The lowest BCUT2D eigenvalue weighted by Crippen LogP contribution is -2.28. The number of hydrazone groups is 1. The third-order valence-electron chi connectivity index (χ3n) is 5.00. The molecule has 2 N–H and O–H groups in total. The molecule has 180 valence electrons. The number of fused-ring (bicyclic) bond motifs is 1. The minimum absolute atomic E-state index is 0.0627. The number of anilines is 1. The lowest BCUT2D eigenvalue weighted by Gasteiger charge is -2.05. The zero-order valence-electron chi connectivity index (χ0n) is 19.0. The molecular formula is C23H23N7O4S. The molecular weight excluding hydrogens is 470 g/mol. The van der Waals surface area contributed by atoms with Crippen LogP contribution in [0.4, 0.5) is 5.82 Å². The van der Waals surface area contributed by atoms with E-state index in [0.29, 0.717) is 22.4 Å². The lowest BCUT2D eigenvalue weighted by atomic mass is 10.1. The van der Waals surface area contributed by atoms with E-state index in [0.717, 1.165) is 23.3 Å². The average Bonchev–Trinajstić information content (AvgIpc) is 3.29. The van der Waals surface area contributed by atoms with Gasteiger partial charge in [-0.05, 0) is 42.0 Å². The largest absolute Gasteiger partial charge is 0.497 e. The summed E-state index contributed by atoms with van der Waals surface area (Å²) < 4.78 is 29.2. The minimum atomic E-state index is -3.13. The number of rotatable bonds is 9. The number of sulfone groups is 1. The smallest absolute Gasteiger partial charge is 0.251 e. The molecule has 35 heavy (non-hydrogen) atoms. The van der Waals surface area contributed by atoms with Crippen LogP contribution < -0.4 is 15.5 Å². The van der Waals surface area contributed by atoms with Crippen LogP contribution in [0.5, 0.6) is 5.75 Å². The summed E-state index contributed by atoms with van der Waals surface area (Å²) in [5.74, 6) is 0.794. The van der Waals surface area contributed by atoms with Gasteiger partial charge in [-0.3, -0.25) is 10.2 Å². The third-order valence-corrected chi connectivity index (χ3v) is 5.94. The topological polar surface area (TPSA) is 140 Å². The van der Waals surface area contributed by atoms with Crippen molar-refractivity contribution in [3.8, 4) is 11.4 Å². The molecule has 0 aliphatic carbocycles. The summed E-state index contributed by atoms with van der Waals surface area (Å²) in [6.45, 7) is 0.0627. The Morgan fingerprint density at radius 2 is 1.86 bits per heavy atom. The molecule has 0 unspecified atom stereocenters. The summed E-state index contributed by atoms with van der Waals surface area (Å²) in [5, 5.41) is 11.9. The first kappa shape index (κ1) is 23.8. The van der Waals surface area contributed by atoms with Gasteiger partial charge in [-0.15, -0.1) is 0 Å². The van der Waals surface area contributed by atoms with Gasteiger partial charge in [0.05, 0.1) is 36.3 Å². The number of carbonyl (C=O) groups excluding carboxylic acids is 1. The Morgan fingerprint density at radius 3 is 2.54 bits per heavy atom. The molecule has 2 aromatic heterocycles. The second-order valence-corrected chi connectivity index (χ2v) is 9.85. The quantitative estimate of drug-likeness (QED) is 0.267. The Bertz CT molecular complexity index is 1460. The van der Waals surface area contributed by atoms with E-state index >= 15 is 0 Å². The van der Waals surface area contributed by atoms with Crippen molar-refractivity contribution < 1.29 is 17.9 Å². The maximum Gasteiger partial charge on any atom is 0.251 e. The normalized spacial score (nSPS) is 11.6. The molecule has 0 bridgehead atoms. The van der Waals surface area contributed by atoms with E-state index in [9.17, 15) is 13.2 Å². The fourth-order valence-corrected chi connectivity index (χ4v) is 3.66. The molecule has 11 nitrogen and oxygen atoms in total. The van der Waals surface area contributed by atoms with Crippen molar-refractivity contribution in [3.63, 3.8) is 0 Å². The summed E-state index contributed by atoms with van der Waals surface area (Å²) in [5.41, 5.74) is 5.53. The fraction of sp³-hybridized carbons (Fsp3) is 0.174. The summed E-state index contributed by atoms with van der Waals surface area (Å²) in [6.07, 6.45) is 5.81. The van der Waals surface area contributed by atoms with Crippen LogP contribution in [0.2, 0.25) is 0 Å². The van der Waals surface area contributed by atoms with Gasteiger partial charge in [-0.2, -0.15) is 10.2 Å². The Kier molecular flexibility index (Phi) is 7.01. The molecule has 0 saturated carbocycles. The third kappa shape index (κ3) is 5.98. The molecule has 2 heterocycles. The zero-order valence-corrected chi connectivity index (χ0v) is 19.9. The number of hydrogen-bond acceptors (Lipinski definition) is 9. The highest BCUT2D eigenvalue weighted by atomic mass is 32.2. The molecule has 0 aliphatic heterocycles. The number of benzene rings is 2. The SMILES string of the molecule is COc1ccc(-n2ncc3c(N/N=C/c4ccc(C(=O)NCCS(C)(=O)=O)cc4)ncnc32)cc1. The number of nitrogens with zero attached hydrogens (tertiary/aromatic N) is 5. The first-order valence-corrected chi connectivity index (χ1v) is 12.6. The van der Waals surface area contributed by atoms with Gasteiger partial charge < -0.3 is 10.1 Å². The summed E-state index contributed by atoms with van der Waals surface area (Å²) in [7, 11) is -1.52. The standard InChI is InChI=1S/C23H23N7O4S/c1-34-19-9-7-18(8-10-19)30-22-20(14-28-30)21(25-15-26-22)29-27-13-16-3-5-17(6-4-16)23(31)24-11-12-35(2,32)33/h3-10,13-15H,11-12H2,1-2H3,(H,24,31)(H,25,26,29)/b27-13+. The molecule has 0 radical (unpaired) electrons. The van der Waals surface area contributed by atoms with E-state index in [1.54, 1.807) is 48.5 Å². The van der Waals surface area contributed by atoms with E-state index in [4.69, 9.17) is 4.74 Å². The molecule has 1 amide bonds. The average molecular weight is 494 g/mol. The van der Waals surface area contributed by atoms with Gasteiger partial charge in [-0.25, -0.2) is 23.1 Å². The number of hydrogen-bond donors (Lipinski definition) is 2. The Morgan fingerprint density at radius 1 is 1.11 bits per heavy atom. The summed E-state index contributed by atoms with van der Waals surface area (Å²) in [4.78, 5) is 20.7. The van der Waals surface area contributed by atoms with Crippen molar-refractivity contribution in [1.82, 2.24) is 25.1 Å². The highest BCUT2D eigenvalue weighted by Crippen LogP contribution is 2.22. The monoisotopic (exact) mass is 493 g/mol. The van der Waals surface area contributed by atoms with Crippen LogP contribution in [0.3, 0.4) is 0 Å². The number of amides is 1. The number of ether oxygens (including phenoxy) is 1. The van der Waals surface area contributed by atoms with Crippen LogP contribution in [-0.2, 0) is 9.84 Å². The van der Waals surface area contributed by atoms with Crippen molar-refractivity contribution in [2.24, 2.45) is 5.10 Å². The van der Waals surface area contributed by atoms with Gasteiger partial charge in [0.25, 0.3) is 5.91 Å². The highest BCUT2D eigenvalue weighted by molar-refractivity contribution is 7.90. The van der Waals surface area contributed by atoms with Crippen LogP contribution in [0.25, 0.3) is 16.7 Å². The van der Waals surface area contributed by atoms with Gasteiger partial charge in [0.15, 0.2) is 11.5 Å². The van der Waals surface area contributed by atoms with Gasteiger partial charge in [0, 0.05) is 18.4 Å². The van der Waals surface area contributed by atoms with Crippen LogP contribution in [0.15, 0.2) is 66.2 Å². The first-order chi connectivity index (χ1) is 16.8. The fourth-order valence-electron chi connectivity index (χ4n) is 3.19. The van der Waals surface area contributed by atoms with Gasteiger partial charge >= 0.3 is 0 Å². The van der Waals surface area contributed by atoms with Gasteiger partial charge in [0.1, 0.15) is 21.9 Å². The molecule has 12 heteroatoms. The molecule has 4 aromatic rings. The van der Waals surface area contributed by atoms with E-state index in [-0.39, 0.29) is 18.2 Å². The lowest BCUT2D eigenvalue weighted by molar-refractivity contribution is 0.0956. The number of nitrogens with one attached hydrogen (secondary N) is 2. The Balaban J connectivity index is 1.42. The van der Waals surface area contributed by atoms with Crippen molar-refractivity contribution in [2.75, 3.05) is 31.1 Å².